The molecule has 8 aromatic rings. The summed E-state index contributed by atoms with van der Waals surface area (Å²) in [7, 11) is -1.14. The third kappa shape index (κ3) is 13.7. The molecule has 0 aliphatic rings. The minimum Gasteiger partial charge on any atom is -0.779 e. The molecule has 0 nitrogen and oxygen atoms in total. The Kier molecular flexibility index (Phi) is 19.0. The average molecular weight is 862 g/mol. The number of benzene rings is 8. The van der Waals surface area contributed by atoms with Crippen LogP contribution in [0.25, 0.3) is 0 Å². The van der Waals surface area contributed by atoms with Crippen LogP contribution in [0.5, 0.6) is 0 Å². The average Bonchev–Trinajstić information content (AvgIpc) is 3.23. The van der Waals surface area contributed by atoms with Gasteiger partial charge >= 0.3 is 23.9 Å². The van der Waals surface area contributed by atoms with Crippen molar-refractivity contribution in [2.24, 2.45) is 0 Å². The second-order valence-electron chi connectivity index (χ2n) is 11.3. The van der Waals surface area contributed by atoms with E-state index in [1.165, 1.54) is 31.8 Å². The first-order valence-electron chi connectivity index (χ1n) is 17.0. The van der Waals surface area contributed by atoms with E-state index >= 15 is 0 Å². The van der Waals surface area contributed by atoms with Crippen molar-refractivity contribution in [2.45, 2.75) is 9.79 Å². The summed E-state index contributed by atoms with van der Waals surface area (Å²) in [5.41, 5.74) is 0. The molecule has 0 spiro atoms. The minimum atomic E-state index is -0.571. The molecule has 5 heteroatoms. The van der Waals surface area contributed by atoms with Crippen molar-refractivity contribution in [3.05, 3.63) is 243 Å². The SMILES string of the molecule is [S-]c1ccccc1P(c1ccccc1)c1ccccc1.[S-]c1ccccc1P(c1ccccc1)c1ccccc1.[Sn+2].c1ccccc1.c1ccccc1. The zero-order chi connectivity index (χ0) is 36.1. The van der Waals surface area contributed by atoms with Crippen LogP contribution < -0.4 is 31.8 Å². The number of hydrogen-bond donors (Lipinski definition) is 0. The quantitative estimate of drug-likeness (QED) is 0.0929. The molecule has 0 aliphatic carbocycles. The molecule has 2 radical (unpaired) electrons. The second-order valence-corrected chi connectivity index (χ2v) is 16.5. The normalized spacial score (nSPS) is 9.85. The van der Waals surface area contributed by atoms with Crippen LogP contribution in [0.2, 0.25) is 0 Å². The maximum atomic E-state index is 5.54. The van der Waals surface area contributed by atoms with E-state index in [1.54, 1.807) is 0 Å². The van der Waals surface area contributed by atoms with Crippen LogP contribution in [0.4, 0.5) is 0 Å². The summed E-state index contributed by atoms with van der Waals surface area (Å²) in [6.45, 7) is 0. The Hall–Kier alpha value is -4.14. The van der Waals surface area contributed by atoms with Crippen LogP contribution in [0, 0.1) is 0 Å². The maximum Gasteiger partial charge on any atom is 2.00 e. The molecule has 0 unspecified atom stereocenters. The van der Waals surface area contributed by atoms with Gasteiger partial charge in [0.2, 0.25) is 0 Å². The van der Waals surface area contributed by atoms with Crippen molar-refractivity contribution in [1.82, 2.24) is 0 Å². The van der Waals surface area contributed by atoms with E-state index in [2.05, 4.69) is 146 Å². The van der Waals surface area contributed by atoms with Crippen molar-refractivity contribution in [3.63, 3.8) is 0 Å². The fourth-order valence-corrected chi connectivity index (χ4v) is 10.7. The Labute approximate surface area is 346 Å². The number of hydrogen-bond acceptors (Lipinski definition) is 2. The van der Waals surface area contributed by atoms with Crippen LogP contribution in [0.1, 0.15) is 0 Å². The Bertz CT molecular complexity index is 1820. The molecule has 0 fully saturated rings. The van der Waals surface area contributed by atoms with Crippen LogP contribution in [-0.4, -0.2) is 23.9 Å². The Morgan fingerprint density at radius 2 is 0.396 bits per heavy atom. The van der Waals surface area contributed by atoms with Gasteiger partial charge in [-0.25, -0.2) is 0 Å². The first-order chi connectivity index (χ1) is 25.7. The van der Waals surface area contributed by atoms with Gasteiger partial charge in [0.15, 0.2) is 0 Å². The Balaban J connectivity index is 0.000000178. The zero-order valence-corrected chi connectivity index (χ0v) is 35.6. The monoisotopic (exact) mass is 862 g/mol. The maximum absolute atomic E-state index is 5.54. The van der Waals surface area contributed by atoms with Crippen molar-refractivity contribution in [1.29, 1.82) is 0 Å². The summed E-state index contributed by atoms with van der Waals surface area (Å²) in [5, 5.41) is 7.87. The van der Waals surface area contributed by atoms with Gasteiger partial charge < -0.3 is 25.3 Å². The third-order valence-electron chi connectivity index (χ3n) is 7.60. The van der Waals surface area contributed by atoms with Gasteiger partial charge in [-0.3, -0.25) is 0 Å². The fraction of sp³-hybridized carbons (Fsp3) is 0. The largest absolute Gasteiger partial charge is 2.00 e. The van der Waals surface area contributed by atoms with Crippen LogP contribution in [0.15, 0.2) is 252 Å². The molecule has 0 atom stereocenters. The van der Waals surface area contributed by atoms with Gasteiger partial charge in [-0.15, -0.1) is 0 Å². The van der Waals surface area contributed by atoms with Gasteiger partial charge in [0.05, 0.1) is 0 Å². The van der Waals surface area contributed by atoms with Gasteiger partial charge in [0.1, 0.15) is 0 Å². The summed E-state index contributed by atoms with van der Waals surface area (Å²) >= 11 is 11.1. The van der Waals surface area contributed by atoms with E-state index in [9.17, 15) is 0 Å². The first kappa shape index (κ1) is 41.6. The molecule has 0 N–H and O–H groups in total. The van der Waals surface area contributed by atoms with E-state index in [0.717, 1.165) is 9.79 Å². The summed E-state index contributed by atoms with van der Waals surface area (Å²) in [4.78, 5) is 1.90. The Morgan fingerprint density at radius 1 is 0.226 bits per heavy atom. The van der Waals surface area contributed by atoms with Crippen LogP contribution >= 0.6 is 15.8 Å². The Morgan fingerprint density at radius 3 is 0.604 bits per heavy atom. The molecule has 0 heterocycles. The summed E-state index contributed by atoms with van der Waals surface area (Å²) in [6, 6.07) is 83.1. The van der Waals surface area contributed by atoms with Gasteiger partial charge in [-0.1, -0.05) is 243 Å². The molecular formula is C48H40P2S2Sn. The van der Waals surface area contributed by atoms with Crippen molar-refractivity contribution >= 4 is 96.8 Å². The minimum absolute atomic E-state index is 0. The zero-order valence-electron chi connectivity index (χ0n) is 29.3. The van der Waals surface area contributed by atoms with E-state index < -0.39 is 15.8 Å². The van der Waals surface area contributed by atoms with Gasteiger partial charge in [-0.05, 0) is 47.7 Å². The molecule has 0 saturated carbocycles. The van der Waals surface area contributed by atoms with E-state index in [4.69, 9.17) is 25.3 Å². The topological polar surface area (TPSA) is 0 Å². The standard InChI is InChI=1S/2C18H15PS.2C6H6.Sn/c2*20-18-14-8-7-13-17(18)19(15-9-3-1-4-10-15)16-11-5-2-6-12-16;2*1-2-4-6-5-3-1;/h2*1-14,20H;2*1-6H;/q;;;;+2/p-2. The van der Waals surface area contributed by atoms with E-state index in [0.29, 0.717) is 0 Å². The van der Waals surface area contributed by atoms with Crippen LogP contribution in [-0.2, 0) is 25.3 Å². The van der Waals surface area contributed by atoms with Crippen molar-refractivity contribution < 1.29 is 0 Å². The van der Waals surface area contributed by atoms with Crippen LogP contribution in [0.3, 0.4) is 0 Å². The smallest absolute Gasteiger partial charge is 0.779 e. The van der Waals surface area contributed by atoms with Crippen molar-refractivity contribution in [2.75, 3.05) is 0 Å². The van der Waals surface area contributed by atoms with E-state index in [1.807, 2.05) is 97.1 Å². The molecule has 0 aliphatic heterocycles. The van der Waals surface area contributed by atoms with E-state index in [-0.39, 0.29) is 23.9 Å². The second kappa shape index (κ2) is 24.2. The first-order valence-corrected chi connectivity index (χ1v) is 20.5. The summed E-state index contributed by atoms with van der Waals surface area (Å²) in [5.74, 6) is 0. The molecule has 0 aromatic heterocycles. The summed E-state index contributed by atoms with van der Waals surface area (Å²) < 4.78 is 0. The predicted octanol–water partition coefficient (Wildman–Crippen LogP) is 9.69. The summed E-state index contributed by atoms with van der Waals surface area (Å²) in [6.07, 6.45) is 0. The molecule has 8 aromatic carbocycles. The molecule has 258 valence electrons. The predicted molar refractivity (Wildman–Crippen MR) is 240 cm³/mol. The third-order valence-corrected chi connectivity index (χ3v) is 13.6. The van der Waals surface area contributed by atoms with Gasteiger partial charge in [0.25, 0.3) is 0 Å². The molecule has 0 bridgehead atoms. The van der Waals surface area contributed by atoms with Gasteiger partial charge in [0, 0.05) is 0 Å². The molecule has 0 saturated heterocycles. The molecular weight excluding hydrogens is 821 g/mol. The van der Waals surface area contributed by atoms with Gasteiger partial charge in [-0.2, -0.15) is 9.79 Å². The molecule has 0 amide bonds. The molecule has 8 rings (SSSR count). The number of rotatable bonds is 6. The molecule has 53 heavy (non-hydrogen) atoms. The fourth-order valence-electron chi connectivity index (χ4n) is 5.22. The van der Waals surface area contributed by atoms with Crippen molar-refractivity contribution in [3.8, 4) is 0 Å².